The first-order chi connectivity index (χ1) is 8.87. The third kappa shape index (κ3) is 2.91. The first-order valence-corrected chi connectivity index (χ1v) is 8.23. The lowest BCUT2D eigenvalue weighted by Crippen LogP contribution is -2.54. The molecule has 2 rings (SSSR count). The summed E-state index contributed by atoms with van der Waals surface area (Å²) in [5, 5.41) is 0.186. The zero-order valence-electron chi connectivity index (χ0n) is 10.2. The number of rotatable bonds is 4. The van der Waals surface area contributed by atoms with Crippen LogP contribution in [0.3, 0.4) is 0 Å². The van der Waals surface area contributed by atoms with E-state index in [-0.39, 0.29) is 14.9 Å². The van der Waals surface area contributed by atoms with Crippen molar-refractivity contribution < 1.29 is 8.42 Å². The minimum atomic E-state index is -3.73. The maximum Gasteiger partial charge on any atom is 0.242 e. The summed E-state index contributed by atoms with van der Waals surface area (Å²) in [5.74, 6) is 0. The van der Waals surface area contributed by atoms with Crippen molar-refractivity contribution in [3.8, 4) is 0 Å². The zero-order valence-corrected chi connectivity index (χ0v) is 12.6. The van der Waals surface area contributed by atoms with Gasteiger partial charge >= 0.3 is 0 Å². The van der Waals surface area contributed by atoms with Crippen LogP contribution < -0.4 is 10.5 Å². The molecular formula is C12H15ClN2O2S2. The van der Waals surface area contributed by atoms with Gasteiger partial charge in [-0.3, -0.25) is 0 Å². The molecule has 0 radical (unpaired) electrons. The lowest BCUT2D eigenvalue weighted by molar-refractivity contribution is 0.503. The SMILES string of the molecule is NC(=S)C1(NS(=O)(=O)c2ccccc2Cl)CCCC1. The Labute approximate surface area is 123 Å². The van der Waals surface area contributed by atoms with Crippen LogP contribution in [0.1, 0.15) is 25.7 Å². The van der Waals surface area contributed by atoms with Crippen molar-refractivity contribution in [1.82, 2.24) is 4.72 Å². The monoisotopic (exact) mass is 318 g/mol. The van der Waals surface area contributed by atoms with E-state index in [0.29, 0.717) is 12.8 Å². The third-order valence-electron chi connectivity index (χ3n) is 3.38. The summed E-state index contributed by atoms with van der Waals surface area (Å²) < 4.78 is 27.5. The number of benzene rings is 1. The summed E-state index contributed by atoms with van der Waals surface area (Å²) in [6, 6.07) is 6.31. The highest BCUT2D eigenvalue weighted by Gasteiger charge is 2.41. The van der Waals surface area contributed by atoms with Crippen LogP contribution in [-0.4, -0.2) is 18.9 Å². The summed E-state index contributed by atoms with van der Waals surface area (Å²) in [4.78, 5) is 0.250. The van der Waals surface area contributed by atoms with E-state index in [1.165, 1.54) is 12.1 Å². The van der Waals surface area contributed by atoms with Crippen LogP contribution in [0.25, 0.3) is 0 Å². The van der Waals surface area contributed by atoms with Crippen molar-refractivity contribution >= 4 is 38.8 Å². The van der Waals surface area contributed by atoms with E-state index < -0.39 is 15.6 Å². The second-order valence-corrected chi connectivity index (χ2v) is 7.19. The summed E-state index contributed by atoms with van der Waals surface area (Å²) >= 11 is 11.0. The number of thiocarbonyl (C=S) groups is 1. The Kier molecular flexibility index (Phi) is 4.15. The lowest BCUT2D eigenvalue weighted by atomic mass is 10.00. The molecule has 0 spiro atoms. The van der Waals surface area contributed by atoms with Crippen molar-refractivity contribution in [2.24, 2.45) is 5.73 Å². The van der Waals surface area contributed by atoms with E-state index in [4.69, 9.17) is 29.6 Å². The molecule has 19 heavy (non-hydrogen) atoms. The summed E-state index contributed by atoms with van der Waals surface area (Å²) in [6.07, 6.45) is 3.07. The normalized spacial score (nSPS) is 18.4. The first-order valence-electron chi connectivity index (χ1n) is 5.96. The summed E-state index contributed by atoms with van der Waals surface area (Å²) in [6.45, 7) is 0. The fraction of sp³-hybridized carbons (Fsp3) is 0.417. The van der Waals surface area contributed by atoms with E-state index in [1.54, 1.807) is 12.1 Å². The Bertz CT molecular complexity index is 596. The molecule has 0 amide bonds. The maximum absolute atomic E-state index is 12.4. The fourth-order valence-corrected chi connectivity index (χ4v) is 4.63. The molecule has 1 aliphatic carbocycles. The van der Waals surface area contributed by atoms with Crippen molar-refractivity contribution in [3.63, 3.8) is 0 Å². The van der Waals surface area contributed by atoms with E-state index in [9.17, 15) is 8.42 Å². The van der Waals surface area contributed by atoms with Gasteiger partial charge in [0.2, 0.25) is 10.0 Å². The molecule has 1 aromatic carbocycles. The molecule has 0 aromatic heterocycles. The standard InChI is InChI=1S/C12H15ClN2O2S2/c13-9-5-1-2-6-10(9)19(16,17)15-12(11(14)18)7-3-4-8-12/h1-2,5-6,15H,3-4,7-8H2,(H2,14,18). The van der Waals surface area contributed by atoms with Gasteiger partial charge in [0.1, 0.15) is 4.90 Å². The molecule has 0 unspecified atom stereocenters. The van der Waals surface area contributed by atoms with E-state index in [1.807, 2.05) is 0 Å². The molecule has 0 bridgehead atoms. The van der Waals surface area contributed by atoms with Crippen molar-refractivity contribution in [1.29, 1.82) is 0 Å². The molecule has 104 valence electrons. The molecular weight excluding hydrogens is 304 g/mol. The van der Waals surface area contributed by atoms with Crippen LogP contribution in [0.2, 0.25) is 5.02 Å². The van der Waals surface area contributed by atoms with E-state index in [0.717, 1.165) is 12.8 Å². The molecule has 1 saturated carbocycles. The predicted octanol–water partition coefficient (Wildman–Crippen LogP) is 2.22. The Morgan fingerprint density at radius 1 is 1.32 bits per heavy atom. The Hall–Kier alpha value is -0.690. The fourth-order valence-electron chi connectivity index (χ4n) is 2.35. The number of hydrogen-bond donors (Lipinski definition) is 2. The summed E-state index contributed by atoms with van der Waals surface area (Å²) in [7, 11) is -3.73. The van der Waals surface area contributed by atoms with Crippen LogP contribution in [0.5, 0.6) is 0 Å². The van der Waals surface area contributed by atoms with Gasteiger partial charge in [0, 0.05) is 0 Å². The highest BCUT2D eigenvalue weighted by atomic mass is 35.5. The van der Waals surface area contributed by atoms with Crippen molar-refractivity contribution in [2.45, 2.75) is 36.1 Å². The number of halogens is 1. The van der Waals surface area contributed by atoms with Crippen LogP contribution in [0, 0.1) is 0 Å². The molecule has 1 aromatic rings. The third-order valence-corrected chi connectivity index (χ3v) is 5.81. The maximum atomic E-state index is 12.4. The molecule has 1 fully saturated rings. The highest BCUT2D eigenvalue weighted by Crippen LogP contribution is 2.32. The van der Waals surface area contributed by atoms with Gasteiger partial charge in [-0.25, -0.2) is 8.42 Å². The summed E-state index contributed by atoms with van der Waals surface area (Å²) in [5.41, 5.74) is 4.92. The first kappa shape index (κ1) is 14.7. The van der Waals surface area contributed by atoms with Crippen molar-refractivity contribution in [2.75, 3.05) is 0 Å². The Morgan fingerprint density at radius 2 is 1.89 bits per heavy atom. The Balaban J connectivity index is 2.36. The van der Waals surface area contributed by atoms with Crippen LogP contribution in [0.4, 0.5) is 0 Å². The van der Waals surface area contributed by atoms with Gasteiger partial charge in [0.15, 0.2) is 0 Å². The molecule has 0 atom stereocenters. The minimum Gasteiger partial charge on any atom is -0.392 e. The van der Waals surface area contributed by atoms with Crippen LogP contribution >= 0.6 is 23.8 Å². The molecule has 0 heterocycles. The van der Waals surface area contributed by atoms with Gasteiger partial charge in [-0.1, -0.05) is 48.8 Å². The lowest BCUT2D eigenvalue weighted by Gasteiger charge is -2.28. The van der Waals surface area contributed by atoms with Gasteiger partial charge in [-0.05, 0) is 25.0 Å². The van der Waals surface area contributed by atoms with Crippen LogP contribution in [0.15, 0.2) is 29.2 Å². The van der Waals surface area contributed by atoms with Crippen LogP contribution in [-0.2, 0) is 10.0 Å². The number of sulfonamides is 1. The van der Waals surface area contributed by atoms with Gasteiger partial charge < -0.3 is 5.73 Å². The van der Waals surface area contributed by atoms with Gasteiger partial charge in [-0.2, -0.15) is 4.72 Å². The largest absolute Gasteiger partial charge is 0.392 e. The average Bonchev–Trinajstić information content (AvgIpc) is 2.78. The Morgan fingerprint density at radius 3 is 2.42 bits per heavy atom. The second kappa shape index (κ2) is 5.36. The molecule has 0 aliphatic heterocycles. The quantitative estimate of drug-likeness (QED) is 0.835. The predicted molar refractivity (Wildman–Crippen MR) is 79.8 cm³/mol. The average molecular weight is 319 g/mol. The van der Waals surface area contributed by atoms with E-state index in [2.05, 4.69) is 4.72 Å². The molecule has 7 heteroatoms. The van der Waals surface area contributed by atoms with Crippen molar-refractivity contribution in [3.05, 3.63) is 29.3 Å². The molecule has 4 nitrogen and oxygen atoms in total. The van der Waals surface area contributed by atoms with Gasteiger partial charge in [0.25, 0.3) is 0 Å². The number of nitrogens with one attached hydrogen (secondary N) is 1. The molecule has 0 saturated heterocycles. The number of hydrogen-bond acceptors (Lipinski definition) is 3. The van der Waals surface area contributed by atoms with Gasteiger partial charge in [-0.15, -0.1) is 0 Å². The van der Waals surface area contributed by atoms with E-state index >= 15 is 0 Å². The number of nitrogens with two attached hydrogens (primary N) is 1. The zero-order chi connectivity index (χ0) is 14.1. The molecule has 3 N–H and O–H groups in total. The topological polar surface area (TPSA) is 72.2 Å². The van der Waals surface area contributed by atoms with Gasteiger partial charge in [0.05, 0.1) is 15.6 Å². The highest BCUT2D eigenvalue weighted by molar-refractivity contribution is 7.89. The minimum absolute atomic E-state index is 0.0548. The smallest absolute Gasteiger partial charge is 0.242 e. The second-order valence-electron chi connectivity index (χ2n) is 4.69. The molecule has 1 aliphatic rings.